The minimum atomic E-state index is -4.15. The fourth-order valence-corrected chi connectivity index (χ4v) is 4.28. The average molecular weight is 489 g/mol. The van der Waals surface area contributed by atoms with Crippen LogP contribution in [-0.2, 0) is 10.0 Å². The molecule has 0 saturated carbocycles. The minimum Gasteiger partial charge on any atom is -0.497 e. The summed E-state index contributed by atoms with van der Waals surface area (Å²) in [5.74, 6) is -1.23. The summed E-state index contributed by atoms with van der Waals surface area (Å²) in [5, 5.41) is 13.6. The first-order valence-corrected chi connectivity index (χ1v) is 11.1. The number of nitrogens with one attached hydrogen (secondary N) is 2. The fourth-order valence-electron chi connectivity index (χ4n) is 3.02. The molecule has 1 amide bonds. The van der Waals surface area contributed by atoms with E-state index in [0.717, 1.165) is 18.2 Å². The molecule has 0 fully saturated rings. The second kappa shape index (κ2) is 9.75. The maximum Gasteiger partial charge on any atom is 0.276 e. The monoisotopic (exact) mass is 489 g/mol. The summed E-state index contributed by atoms with van der Waals surface area (Å²) < 4.78 is 52.6. The van der Waals surface area contributed by atoms with Crippen molar-refractivity contribution in [1.29, 1.82) is 0 Å². The summed E-state index contributed by atoms with van der Waals surface area (Å²) in [7, 11) is -1.38. The zero-order chi connectivity index (χ0) is 25.0. The number of nitrogens with zero attached hydrogens (tertiary/aromatic N) is 1. The lowest BCUT2D eigenvalue weighted by molar-refractivity contribution is -0.385. The summed E-state index contributed by atoms with van der Waals surface area (Å²) in [6.45, 7) is 1.23. The van der Waals surface area contributed by atoms with Crippen LogP contribution in [0.2, 0.25) is 0 Å². The Hall–Kier alpha value is -4.19. The largest absolute Gasteiger partial charge is 0.497 e. The summed E-state index contributed by atoms with van der Waals surface area (Å²) in [5.41, 5.74) is -0.744. The van der Waals surface area contributed by atoms with Gasteiger partial charge in [0.1, 0.15) is 22.2 Å². The van der Waals surface area contributed by atoms with Crippen LogP contribution in [0.25, 0.3) is 0 Å². The van der Waals surface area contributed by atoms with Crippen molar-refractivity contribution in [3.8, 4) is 11.5 Å². The smallest absolute Gasteiger partial charge is 0.276 e. The van der Waals surface area contributed by atoms with Gasteiger partial charge in [0.05, 0.1) is 24.7 Å². The second-order valence-electron chi connectivity index (χ2n) is 7.01. The highest BCUT2D eigenvalue weighted by atomic mass is 32.2. The molecule has 12 heteroatoms. The Morgan fingerprint density at radius 3 is 2.24 bits per heavy atom. The molecule has 10 nitrogen and oxygen atoms in total. The Labute approximate surface area is 194 Å². The van der Waals surface area contributed by atoms with E-state index in [0.29, 0.717) is 5.75 Å². The molecule has 0 spiro atoms. The zero-order valence-electron chi connectivity index (χ0n) is 18.3. The highest BCUT2D eigenvalue weighted by Crippen LogP contribution is 2.30. The topological polar surface area (TPSA) is 137 Å². The minimum absolute atomic E-state index is 0.0102. The summed E-state index contributed by atoms with van der Waals surface area (Å²) >= 11 is 0. The standard InChI is InChI=1S/C22H20FN3O7S/c1-13-18(23)10-14(11-19(13)26(28)29)22(27)24-16-6-9-20(33-3)21(12-16)34(30,31)25-15-4-7-17(32-2)8-5-15/h4-12,25H,1-3H3,(H,24,27). The van der Waals surface area contributed by atoms with Crippen LogP contribution in [0.15, 0.2) is 59.5 Å². The Kier molecular flexibility index (Phi) is 7.01. The van der Waals surface area contributed by atoms with Crippen molar-refractivity contribution in [3.05, 3.63) is 81.7 Å². The molecule has 0 aromatic heterocycles. The number of carbonyl (C=O) groups excluding carboxylic acids is 1. The number of hydrogen-bond acceptors (Lipinski definition) is 7. The van der Waals surface area contributed by atoms with Crippen molar-refractivity contribution in [1.82, 2.24) is 0 Å². The molecular weight excluding hydrogens is 469 g/mol. The summed E-state index contributed by atoms with van der Waals surface area (Å²) in [4.78, 5) is 22.7. The zero-order valence-corrected chi connectivity index (χ0v) is 19.1. The lowest BCUT2D eigenvalue weighted by atomic mass is 10.1. The SMILES string of the molecule is COc1ccc(NS(=O)(=O)c2cc(NC(=O)c3cc(F)c(C)c([N+](=O)[O-])c3)ccc2OC)cc1. The van der Waals surface area contributed by atoms with Gasteiger partial charge >= 0.3 is 0 Å². The van der Waals surface area contributed by atoms with Crippen LogP contribution in [0, 0.1) is 22.9 Å². The number of nitro groups is 1. The van der Waals surface area contributed by atoms with E-state index in [9.17, 15) is 27.7 Å². The van der Waals surface area contributed by atoms with Gasteiger partial charge in [0.25, 0.3) is 21.6 Å². The van der Waals surface area contributed by atoms with E-state index in [4.69, 9.17) is 9.47 Å². The molecular formula is C22H20FN3O7S. The number of ether oxygens (including phenoxy) is 2. The van der Waals surface area contributed by atoms with Crippen LogP contribution in [0.1, 0.15) is 15.9 Å². The molecule has 0 aliphatic rings. The van der Waals surface area contributed by atoms with E-state index < -0.39 is 32.4 Å². The van der Waals surface area contributed by atoms with Gasteiger partial charge < -0.3 is 14.8 Å². The van der Waals surface area contributed by atoms with Gasteiger partial charge in [-0.1, -0.05) is 0 Å². The number of sulfonamides is 1. The molecule has 34 heavy (non-hydrogen) atoms. The number of methoxy groups -OCH3 is 2. The Morgan fingerprint density at radius 1 is 1.00 bits per heavy atom. The van der Waals surface area contributed by atoms with E-state index in [1.165, 1.54) is 45.4 Å². The molecule has 3 aromatic carbocycles. The molecule has 0 saturated heterocycles. The number of carbonyl (C=O) groups is 1. The van der Waals surface area contributed by atoms with E-state index in [2.05, 4.69) is 10.0 Å². The molecule has 3 rings (SSSR count). The maximum atomic E-state index is 14.1. The highest BCUT2D eigenvalue weighted by Gasteiger charge is 2.23. The lowest BCUT2D eigenvalue weighted by Crippen LogP contribution is -2.16. The van der Waals surface area contributed by atoms with Crippen molar-refractivity contribution in [3.63, 3.8) is 0 Å². The van der Waals surface area contributed by atoms with Crippen LogP contribution in [-0.4, -0.2) is 33.5 Å². The van der Waals surface area contributed by atoms with E-state index in [-0.39, 0.29) is 33.1 Å². The molecule has 178 valence electrons. The Morgan fingerprint density at radius 2 is 1.65 bits per heavy atom. The number of hydrogen-bond donors (Lipinski definition) is 2. The summed E-state index contributed by atoms with van der Waals surface area (Å²) in [6, 6.07) is 11.8. The molecule has 0 aliphatic carbocycles. The van der Waals surface area contributed by atoms with Gasteiger partial charge in [-0.25, -0.2) is 12.8 Å². The maximum absolute atomic E-state index is 14.1. The first-order valence-electron chi connectivity index (χ1n) is 9.66. The molecule has 0 heterocycles. The van der Waals surface area contributed by atoms with Crippen molar-refractivity contribution in [2.24, 2.45) is 0 Å². The fraction of sp³-hybridized carbons (Fsp3) is 0.136. The number of nitro benzene ring substituents is 1. The molecule has 0 atom stereocenters. The van der Waals surface area contributed by atoms with E-state index in [1.807, 2.05) is 0 Å². The van der Waals surface area contributed by atoms with Crippen molar-refractivity contribution < 1.29 is 32.0 Å². The number of halogens is 1. The van der Waals surface area contributed by atoms with Crippen LogP contribution in [0.4, 0.5) is 21.5 Å². The molecule has 0 aliphatic heterocycles. The van der Waals surface area contributed by atoms with Gasteiger partial charge in [-0.3, -0.25) is 19.6 Å². The van der Waals surface area contributed by atoms with Gasteiger partial charge in [-0.05, 0) is 55.5 Å². The lowest BCUT2D eigenvalue weighted by Gasteiger charge is -2.14. The summed E-state index contributed by atoms with van der Waals surface area (Å²) in [6.07, 6.45) is 0. The normalized spacial score (nSPS) is 10.9. The third kappa shape index (κ3) is 5.23. The van der Waals surface area contributed by atoms with Crippen molar-refractivity contribution >= 4 is 33.0 Å². The van der Waals surface area contributed by atoms with Crippen LogP contribution < -0.4 is 19.5 Å². The Bertz CT molecular complexity index is 1360. The molecule has 2 N–H and O–H groups in total. The van der Waals surface area contributed by atoms with Crippen LogP contribution >= 0.6 is 0 Å². The Balaban J connectivity index is 1.92. The first-order chi connectivity index (χ1) is 16.1. The molecule has 3 aromatic rings. The number of rotatable bonds is 8. The number of anilines is 2. The van der Waals surface area contributed by atoms with Gasteiger partial charge in [0.2, 0.25) is 0 Å². The third-order valence-corrected chi connectivity index (χ3v) is 6.23. The van der Waals surface area contributed by atoms with E-state index >= 15 is 0 Å². The van der Waals surface area contributed by atoms with Crippen LogP contribution in [0.5, 0.6) is 11.5 Å². The molecule has 0 radical (unpaired) electrons. The van der Waals surface area contributed by atoms with Crippen molar-refractivity contribution in [2.45, 2.75) is 11.8 Å². The highest BCUT2D eigenvalue weighted by molar-refractivity contribution is 7.92. The number of benzene rings is 3. The predicted molar refractivity (Wildman–Crippen MR) is 123 cm³/mol. The average Bonchev–Trinajstić information content (AvgIpc) is 2.80. The van der Waals surface area contributed by atoms with Gasteiger partial charge in [-0.2, -0.15) is 0 Å². The first kappa shape index (κ1) is 24.5. The van der Waals surface area contributed by atoms with Gasteiger partial charge in [0, 0.05) is 23.0 Å². The second-order valence-corrected chi connectivity index (χ2v) is 8.66. The predicted octanol–water partition coefficient (Wildman–Crippen LogP) is 4.11. The number of amides is 1. The van der Waals surface area contributed by atoms with Gasteiger partial charge in [0.15, 0.2) is 0 Å². The quantitative estimate of drug-likeness (QED) is 0.359. The van der Waals surface area contributed by atoms with Crippen molar-refractivity contribution in [2.75, 3.05) is 24.3 Å². The molecule has 0 bridgehead atoms. The van der Waals surface area contributed by atoms with E-state index in [1.54, 1.807) is 12.1 Å². The van der Waals surface area contributed by atoms with Gasteiger partial charge in [-0.15, -0.1) is 0 Å². The molecule has 0 unspecified atom stereocenters. The van der Waals surface area contributed by atoms with Crippen LogP contribution in [0.3, 0.4) is 0 Å². The third-order valence-electron chi connectivity index (χ3n) is 4.83.